The van der Waals surface area contributed by atoms with Gasteiger partial charge in [-0.15, -0.1) is 0 Å². The fourth-order valence-corrected chi connectivity index (χ4v) is 4.11. The number of furan rings is 1. The van der Waals surface area contributed by atoms with Crippen LogP contribution in [0.3, 0.4) is 0 Å². The fraction of sp³-hybridized carbons (Fsp3) is 0.167. The molecular weight excluding hydrogens is 357 g/mol. The first-order valence-corrected chi connectivity index (χ1v) is 9.70. The predicted octanol–water partition coefficient (Wildman–Crippen LogP) is 4.26. The predicted molar refractivity (Wildman–Crippen MR) is 119 cm³/mol. The molecular formula is C24H23BN3O+. The number of hydrogen-bond acceptors (Lipinski definition) is 3. The van der Waals surface area contributed by atoms with Crippen molar-refractivity contribution in [2.45, 2.75) is 20.6 Å². The summed E-state index contributed by atoms with van der Waals surface area (Å²) in [5, 5.41) is 0.873. The van der Waals surface area contributed by atoms with E-state index in [1.807, 2.05) is 38.2 Å². The number of benzene rings is 1. The minimum Gasteiger partial charge on any atom is -0.447 e. The van der Waals surface area contributed by atoms with E-state index in [0.29, 0.717) is 5.71 Å². The van der Waals surface area contributed by atoms with Crippen LogP contribution in [0, 0.1) is 13.8 Å². The monoisotopic (exact) mass is 383 g/mol. The number of fused-ring (bicyclic) bond motifs is 3. The fourth-order valence-electron chi connectivity index (χ4n) is 4.11. The maximum atomic E-state index is 7.71. The second-order valence-electron chi connectivity index (χ2n) is 7.53. The summed E-state index contributed by atoms with van der Waals surface area (Å²) in [6.07, 6.45) is 6.14. The van der Waals surface area contributed by atoms with Crippen LogP contribution in [0.5, 0.6) is 0 Å². The van der Waals surface area contributed by atoms with E-state index in [4.69, 9.17) is 8.53 Å². The lowest BCUT2D eigenvalue weighted by Gasteiger charge is -2.22. The third-order valence-corrected chi connectivity index (χ3v) is 5.62. The molecule has 0 amide bonds. The van der Waals surface area contributed by atoms with Crippen LogP contribution in [0.25, 0.3) is 28.3 Å². The lowest BCUT2D eigenvalue weighted by atomic mass is 9.57. The Balaban J connectivity index is 1.60. The molecule has 1 aromatic carbocycles. The van der Waals surface area contributed by atoms with Crippen molar-refractivity contribution >= 4 is 35.5 Å². The summed E-state index contributed by atoms with van der Waals surface area (Å²) in [7, 11) is 2.02. The quantitative estimate of drug-likeness (QED) is 0.383. The SMILES string of the molecule is [2H]C([2H])([2H])c1cc(C)c2c3c(oc2n1)B(C)N(c1cc(-c2ccccc2)cc[n+]1C)C=C3. The second kappa shape index (κ2) is 6.62. The molecule has 5 heteroatoms. The van der Waals surface area contributed by atoms with Crippen LogP contribution < -0.4 is 15.0 Å². The average Bonchev–Trinajstić information content (AvgIpc) is 3.15. The van der Waals surface area contributed by atoms with Gasteiger partial charge in [-0.3, -0.25) is 4.81 Å². The molecule has 0 atom stereocenters. The van der Waals surface area contributed by atoms with Crippen LogP contribution in [-0.2, 0) is 7.05 Å². The van der Waals surface area contributed by atoms with Gasteiger partial charge >= 0.3 is 6.85 Å². The molecule has 0 saturated heterocycles. The summed E-state index contributed by atoms with van der Waals surface area (Å²) in [6, 6.07) is 16.2. The summed E-state index contributed by atoms with van der Waals surface area (Å²) < 4.78 is 31.4. The Labute approximate surface area is 175 Å². The highest BCUT2D eigenvalue weighted by Gasteiger charge is 2.38. The van der Waals surface area contributed by atoms with Crippen LogP contribution >= 0.6 is 0 Å². The van der Waals surface area contributed by atoms with Crippen molar-refractivity contribution in [2.75, 3.05) is 4.81 Å². The van der Waals surface area contributed by atoms with Gasteiger partial charge in [0, 0.05) is 21.4 Å². The Morgan fingerprint density at radius 1 is 1.14 bits per heavy atom. The standard InChI is InChI=1S/C24H23BN3O/c1-16-14-17(2)26-24-22(16)20-11-13-28(25(3)23(20)29-24)21-15-19(10-12-27(21)4)18-8-6-5-7-9-18/h5-15H,1-4H3/q+1/i2D3. The van der Waals surface area contributed by atoms with Gasteiger partial charge in [0.05, 0.1) is 24.8 Å². The first-order valence-electron chi connectivity index (χ1n) is 11.2. The molecule has 0 bridgehead atoms. The van der Waals surface area contributed by atoms with Crippen LogP contribution in [0.4, 0.5) is 5.82 Å². The smallest absolute Gasteiger partial charge is 0.447 e. The number of nitrogens with zero attached hydrogens (tertiary/aromatic N) is 3. The van der Waals surface area contributed by atoms with E-state index in [1.165, 1.54) is 0 Å². The average molecular weight is 383 g/mol. The van der Waals surface area contributed by atoms with Crippen LogP contribution in [0.1, 0.15) is 20.9 Å². The minimum atomic E-state index is -2.27. The van der Waals surface area contributed by atoms with Crippen LogP contribution in [-0.4, -0.2) is 11.8 Å². The molecule has 4 heterocycles. The maximum Gasteiger partial charge on any atom is 0.447 e. The zero-order valence-corrected chi connectivity index (χ0v) is 16.7. The molecule has 0 N–H and O–H groups in total. The first-order chi connectivity index (χ1) is 15.2. The maximum absolute atomic E-state index is 7.71. The van der Waals surface area contributed by atoms with Crippen molar-refractivity contribution in [1.82, 2.24) is 4.98 Å². The van der Waals surface area contributed by atoms with Crippen molar-refractivity contribution < 1.29 is 13.1 Å². The van der Waals surface area contributed by atoms with Gasteiger partial charge in [0.25, 0.3) is 5.82 Å². The van der Waals surface area contributed by atoms with E-state index in [1.54, 1.807) is 6.07 Å². The summed E-state index contributed by atoms with van der Waals surface area (Å²) in [6.45, 7) is 1.63. The highest BCUT2D eigenvalue weighted by molar-refractivity contribution is 6.76. The second-order valence-corrected chi connectivity index (χ2v) is 7.53. The number of aryl methyl sites for hydroxylation is 3. The topological polar surface area (TPSA) is 33.2 Å². The zero-order valence-electron chi connectivity index (χ0n) is 19.7. The van der Waals surface area contributed by atoms with Gasteiger partial charge in [-0.1, -0.05) is 30.3 Å². The third-order valence-electron chi connectivity index (χ3n) is 5.62. The summed E-state index contributed by atoms with van der Waals surface area (Å²) in [5.41, 5.74) is 5.33. The highest BCUT2D eigenvalue weighted by Crippen LogP contribution is 2.29. The van der Waals surface area contributed by atoms with Gasteiger partial charge < -0.3 is 4.42 Å². The summed E-state index contributed by atoms with van der Waals surface area (Å²) in [4.78, 5) is 6.49. The molecule has 1 aliphatic heterocycles. The number of pyridine rings is 2. The first kappa shape index (κ1) is 14.6. The third kappa shape index (κ3) is 2.85. The Bertz CT molecular complexity index is 1360. The largest absolute Gasteiger partial charge is 0.447 e. The Kier molecular flexibility index (Phi) is 3.34. The van der Waals surface area contributed by atoms with Crippen molar-refractivity contribution in [3.63, 3.8) is 0 Å². The van der Waals surface area contributed by atoms with Crippen molar-refractivity contribution in [3.8, 4) is 11.1 Å². The molecule has 0 unspecified atom stereocenters. The molecule has 4 nitrogen and oxygen atoms in total. The number of hydrogen-bond donors (Lipinski definition) is 0. The molecule has 0 spiro atoms. The Morgan fingerprint density at radius 3 is 2.76 bits per heavy atom. The number of anilines is 1. The lowest BCUT2D eigenvalue weighted by Crippen LogP contribution is -2.50. The Morgan fingerprint density at radius 2 is 1.97 bits per heavy atom. The normalized spacial score (nSPS) is 15.2. The van der Waals surface area contributed by atoms with E-state index in [0.717, 1.165) is 39.1 Å². The molecule has 1 aliphatic rings. The molecule has 0 saturated carbocycles. The van der Waals surface area contributed by atoms with E-state index in [9.17, 15) is 0 Å². The van der Waals surface area contributed by atoms with Crippen LogP contribution in [0.15, 0.2) is 65.3 Å². The molecule has 3 aromatic heterocycles. The lowest BCUT2D eigenvalue weighted by molar-refractivity contribution is -0.658. The van der Waals surface area contributed by atoms with Crippen molar-refractivity contribution in [1.29, 1.82) is 0 Å². The summed E-state index contributed by atoms with van der Waals surface area (Å²) >= 11 is 0. The molecule has 0 fully saturated rings. The van der Waals surface area contributed by atoms with Crippen LogP contribution in [0.2, 0.25) is 6.82 Å². The molecule has 0 aliphatic carbocycles. The van der Waals surface area contributed by atoms with E-state index in [-0.39, 0.29) is 12.5 Å². The van der Waals surface area contributed by atoms with E-state index in [2.05, 4.69) is 57.8 Å². The van der Waals surface area contributed by atoms with Crippen molar-refractivity contribution in [2.24, 2.45) is 7.05 Å². The molecule has 4 aromatic rings. The van der Waals surface area contributed by atoms with Gasteiger partial charge in [-0.25, -0.2) is 9.55 Å². The highest BCUT2D eigenvalue weighted by atomic mass is 16.3. The van der Waals surface area contributed by atoms with Gasteiger partial charge in [-0.05, 0) is 55.5 Å². The zero-order chi connectivity index (χ0) is 22.6. The van der Waals surface area contributed by atoms with E-state index >= 15 is 0 Å². The number of aromatic nitrogens is 2. The van der Waals surface area contributed by atoms with Gasteiger partial charge in [0.1, 0.15) is 5.66 Å². The van der Waals surface area contributed by atoms with Gasteiger partial charge in [0.15, 0.2) is 0 Å². The molecule has 142 valence electrons. The molecule has 0 radical (unpaired) electrons. The van der Waals surface area contributed by atoms with Gasteiger partial charge in [-0.2, -0.15) is 0 Å². The minimum absolute atomic E-state index is 0.0593. The van der Waals surface area contributed by atoms with Gasteiger partial charge in [0.2, 0.25) is 5.71 Å². The van der Waals surface area contributed by atoms with Crippen molar-refractivity contribution in [3.05, 3.63) is 77.7 Å². The summed E-state index contributed by atoms with van der Waals surface area (Å²) in [5.74, 6) is 1.02. The van der Waals surface area contributed by atoms with E-state index < -0.39 is 6.85 Å². The molecule has 5 rings (SSSR count). The number of rotatable bonds is 2. The Hall–Kier alpha value is -3.34. The molecule has 29 heavy (non-hydrogen) atoms.